The Bertz CT molecular complexity index is 432. The largest absolute Gasteiger partial charge is 0.481 e. The minimum Gasteiger partial charge on any atom is -0.481 e. The summed E-state index contributed by atoms with van der Waals surface area (Å²) in [7, 11) is 0. The number of carboxylic acid groups (broad SMARTS) is 1. The Hall–Kier alpha value is -1.43. The Morgan fingerprint density at radius 3 is 2.59 bits per heavy atom. The molecule has 0 aromatic heterocycles. The fourth-order valence-electron chi connectivity index (χ4n) is 1.41. The van der Waals surface area contributed by atoms with Gasteiger partial charge in [-0.1, -0.05) is 11.6 Å². The van der Waals surface area contributed by atoms with Crippen molar-refractivity contribution in [1.82, 2.24) is 0 Å². The first-order valence-corrected chi connectivity index (χ1v) is 5.16. The predicted molar refractivity (Wildman–Crippen MR) is 60.1 cm³/mol. The SMILES string of the molecule is O=Cc1ccc(Cl)cc1C(O)C(O)CC(=O)O. The van der Waals surface area contributed by atoms with Crippen LogP contribution < -0.4 is 0 Å². The maximum absolute atomic E-state index is 10.7. The highest BCUT2D eigenvalue weighted by Gasteiger charge is 2.23. The van der Waals surface area contributed by atoms with Crippen molar-refractivity contribution in [1.29, 1.82) is 0 Å². The molecule has 6 heteroatoms. The number of aliphatic hydroxyl groups excluding tert-OH is 2. The van der Waals surface area contributed by atoms with Gasteiger partial charge in [0.05, 0.1) is 12.5 Å². The zero-order chi connectivity index (χ0) is 13.0. The van der Waals surface area contributed by atoms with Gasteiger partial charge in [-0.3, -0.25) is 9.59 Å². The minimum absolute atomic E-state index is 0.112. The molecule has 0 heterocycles. The van der Waals surface area contributed by atoms with Crippen LogP contribution in [-0.2, 0) is 4.79 Å². The molecule has 0 aliphatic rings. The van der Waals surface area contributed by atoms with Gasteiger partial charge in [-0.05, 0) is 23.8 Å². The number of benzene rings is 1. The molecule has 0 amide bonds. The van der Waals surface area contributed by atoms with Gasteiger partial charge in [0.2, 0.25) is 0 Å². The van der Waals surface area contributed by atoms with Gasteiger partial charge in [-0.2, -0.15) is 0 Å². The molecule has 0 fully saturated rings. The highest BCUT2D eigenvalue weighted by molar-refractivity contribution is 6.30. The Labute approximate surface area is 102 Å². The predicted octanol–water partition coefficient (Wildman–Crippen LogP) is 1.02. The molecule has 2 unspecified atom stereocenters. The number of carboxylic acids is 1. The first-order chi connectivity index (χ1) is 7.95. The monoisotopic (exact) mass is 258 g/mol. The summed E-state index contributed by atoms with van der Waals surface area (Å²) in [5, 5.41) is 28.0. The number of carbonyl (C=O) groups excluding carboxylic acids is 1. The van der Waals surface area contributed by atoms with Crippen LogP contribution in [0.5, 0.6) is 0 Å². The third kappa shape index (κ3) is 3.52. The molecule has 0 spiro atoms. The second kappa shape index (κ2) is 5.77. The normalized spacial score (nSPS) is 14.1. The third-order valence-corrected chi connectivity index (χ3v) is 2.48. The lowest BCUT2D eigenvalue weighted by Crippen LogP contribution is -2.22. The molecule has 0 saturated carbocycles. The van der Waals surface area contributed by atoms with Crippen molar-refractivity contribution in [3.05, 3.63) is 34.3 Å². The first kappa shape index (κ1) is 13.6. The number of rotatable bonds is 5. The van der Waals surface area contributed by atoms with Gasteiger partial charge in [0.1, 0.15) is 12.4 Å². The van der Waals surface area contributed by atoms with Gasteiger partial charge < -0.3 is 15.3 Å². The van der Waals surface area contributed by atoms with Gasteiger partial charge in [-0.25, -0.2) is 0 Å². The molecule has 92 valence electrons. The molecule has 1 rings (SSSR count). The second-order valence-electron chi connectivity index (χ2n) is 3.50. The lowest BCUT2D eigenvalue weighted by atomic mass is 9.98. The second-order valence-corrected chi connectivity index (χ2v) is 3.94. The maximum Gasteiger partial charge on any atom is 0.306 e. The van der Waals surface area contributed by atoms with Crippen LogP contribution in [0.1, 0.15) is 28.4 Å². The van der Waals surface area contributed by atoms with Crippen molar-refractivity contribution in [3.63, 3.8) is 0 Å². The Kier molecular flexibility index (Phi) is 4.62. The van der Waals surface area contributed by atoms with Gasteiger partial charge in [0, 0.05) is 10.6 Å². The average molecular weight is 259 g/mol. The molecule has 0 bridgehead atoms. The number of aliphatic hydroxyl groups is 2. The molecule has 3 N–H and O–H groups in total. The van der Waals surface area contributed by atoms with Crippen LogP contribution in [0.4, 0.5) is 0 Å². The lowest BCUT2D eigenvalue weighted by molar-refractivity contribution is -0.141. The van der Waals surface area contributed by atoms with Crippen LogP contribution in [-0.4, -0.2) is 33.7 Å². The smallest absolute Gasteiger partial charge is 0.306 e. The van der Waals surface area contributed by atoms with Crippen LogP contribution in [0.3, 0.4) is 0 Å². The highest BCUT2D eigenvalue weighted by Crippen LogP contribution is 2.25. The van der Waals surface area contributed by atoms with Crippen molar-refractivity contribution in [2.45, 2.75) is 18.6 Å². The molecule has 0 aliphatic heterocycles. The summed E-state index contributed by atoms with van der Waals surface area (Å²) in [5.41, 5.74) is 0.271. The number of halogens is 1. The van der Waals surface area contributed by atoms with E-state index in [-0.39, 0.29) is 16.1 Å². The van der Waals surface area contributed by atoms with Crippen LogP contribution >= 0.6 is 11.6 Å². The molecule has 2 atom stereocenters. The Morgan fingerprint density at radius 1 is 1.41 bits per heavy atom. The van der Waals surface area contributed by atoms with E-state index in [0.29, 0.717) is 6.29 Å². The summed E-state index contributed by atoms with van der Waals surface area (Å²) >= 11 is 5.70. The summed E-state index contributed by atoms with van der Waals surface area (Å²) < 4.78 is 0. The number of carbonyl (C=O) groups is 2. The number of hydrogen-bond donors (Lipinski definition) is 3. The fourth-order valence-corrected chi connectivity index (χ4v) is 1.59. The van der Waals surface area contributed by atoms with Crippen LogP contribution in [0.25, 0.3) is 0 Å². The molecule has 0 radical (unpaired) electrons. The van der Waals surface area contributed by atoms with E-state index < -0.39 is 24.6 Å². The van der Waals surface area contributed by atoms with Gasteiger partial charge in [-0.15, -0.1) is 0 Å². The number of aliphatic carboxylic acids is 1. The summed E-state index contributed by atoms with van der Waals surface area (Å²) in [4.78, 5) is 21.1. The van der Waals surface area contributed by atoms with Crippen LogP contribution in [0.15, 0.2) is 18.2 Å². The van der Waals surface area contributed by atoms with Crippen molar-refractivity contribution in [3.8, 4) is 0 Å². The van der Waals surface area contributed by atoms with Crippen LogP contribution in [0.2, 0.25) is 5.02 Å². The minimum atomic E-state index is -1.50. The van der Waals surface area contributed by atoms with E-state index in [1.54, 1.807) is 0 Å². The van der Waals surface area contributed by atoms with Crippen molar-refractivity contribution in [2.75, 3.05) is 0 Å². The van der Waals surface area contributed by atoms with E-state index in [9.17, 15) is 19.8 Å². The molecule has 17 heavy (non-hydrogen) atoms. The maximum atomic E-state index is 10.7. The van der Waals surface area contributed by atoms with E-state index in [1.807, 2.05) is 0 Å². The van der Waals surface area contributed by atoms with Gasteiger partial charge in [0.15, 0.2) is 0 Å². The zero-order valence-electron chi connectivity index (χ0n) is 8.71. The number of hydrogen-bond acceptors (Lipinski definition) is 4. The van der Waals surface area contributed by atoms with Crippen molar-refractivity contribution in [2.24, 2.45) is 0 Å². The van der Waals surface area contributed by atoms with E-state index in [1.165, 1.54) is 18.2 Å². The number of aldehydes is 1. The third-order valence-electron chi connectivity index (χ3n) is 2.24. The van der Waals surface area contributed by atoms with E-state index >= 15 is 0 Å². The quantitative estimate of drug-likeness (QED) is 0.686. The summed E-state index contributed by atoms with van der Waals surface area (Å²) in [6.07, 6.45) is -3.08. The molecule has 5 nitrogen and oxygen atoms in total. The van der Waals surface area contributed by atoms with E-state index in [0.717, 1.165) is 0 Å². The summed E-state index contributed by atoms with van der Waals surface area (Å²) in [6.45, 7) is 0. The molecule has 0 saturated heterocycles. The zero-order valence-corrected chi connectivity index (χ0v) is 9.46. The molecule has 0 aliphatic carbocycles. The standard InChI is InChI=1S/C11H11ClO5/c12-7-2-1-6(5-13)8(3-7)11(17)9(14)4-10(15)16/h1-3,5,9,11,14,17H,4H2,(H,15,16). The first-order valence-electron chi connectivity index (χ1n) is 4.78. The van der Waals surface area contributed by atoms with E-state index in [4.69, 9.17) is 16.7 Å². The topological polar surface area (TPSA) is 94.8 Å². The van der Waals surface area contributed by atoms with Crippen molar-refractivity contribution < 1.29 is 24.9 Å². The Morgan fingerprint density at radius 2 is 2.06 bits per heavy atom. The fraction of sp³-hybridized carbons (Fsp3) is 0.273. The summed E-state index contributed by atoms with van der Waals surface area (Å²) in [6, 6.07) is 4.17. The lowest BCUT2D eigenvalue weighted by Gasteiger charge is -2.18. The molecule has 1 aromatic carbocycles. The molecule has 1 aromatic rings. The summed E-state index contributed by atoms with van der Waals surface area (Å²) in [5.74, 6) is -1.24. The van der Waals surface area contributed by atoms with Gasteiger partial charge in [0.25, 0.3) is 0 Å². The molecular weight excluding hydrogens is 248 g/mol. The van der Waals surface area contributed by atoms with Crippen LogP contribution in [0, 0.1) is 0 Å². The van der Waals surface area contributed by atoms with Crippen molar-refractivity contribution >= 4 is 23.9 Å². The Balaban J connectivity index is 3.01. The highest BCUT2D eigenvalue weighted by atomic mass is 35.5. The molecular formula is C11H11ClO5. The van der Waals surface area contributed by atoms with Gasteiger partial charge >= 0.3 is 5.97 Å². The average Bonchev–Trinajstić information content (AvgIpc) is 2.27. The van der Waals surface area contributed by atoms with E-state index in [2.05, 4.69) is 0 Å².